The normalized spacial score (nSPS) is 24.2. The van der Waals surface area contributed by atoms with Crippen LogP contribution in [0, 0.1) is 5.92 Å². The minimum atomic E-state index is 0.320. The highest BCUT2D eigenvalue weighted by atomic mass is 35.5. The second-order valence-corrected chi connectivity index (χ2v) is 5.02. The number of hydrogen-bond donors (Lipinski definition) is 1. The molecule has 1 aromatic carbocycles. The van der Waals surface area contributed by atoms with Gasteiger partial charge in [-0.05, 0) is 37.4 Å². The molecule has 0 bridgehead atoms. The highest BCUT2D eigenvalue weighted by Gasteiger charge is 2.28. The van der Waals surface area contributed by atoms with Crippen molar-refractivity contribution >= 4 is 23.2 Å². The first-order chi connectivity index (χ1) is 7.70. The van der Waals surface area contributed by atoms with Crippen molar-refractivity contribution in [2.24, 2.45) is 11.7 Å². The highest BCUT2D eigenvalue weighted by molar-refractivity contribution is 6.35. The number of nitrogens with two attached hydrogens (primary N) is 1. The van der Waals surface area contributed by atoms with Gasteiger partial charge in [0.25, 0.3) is 0 Å². The Morgan fingerprint density at radius 1 is 1.25 bits per heavy atom. The van der Waals surface area contributed by atoms with Crippen LogP contribution in [-0.4, -0.2) is 12.6 Å². The van der Waals surface area contributed by atoms with Crippen molar-refractivity contribution in [1.29, 1.82) is 0 Å². The first-order valence-electron chi connectivity index (χ1n) is 5.45. The monoisotopic (exact) mass is 259 g/mol. The Hall–Kier alpha value is -0.280. The molecule has 0 radical (unpaired) electrons. The van der Waals surface area contributed by atoms with E-state index in [1.807, 2.05) is 18.2 Å². The molecular formula is C12H15Cl2NO. The molecule has 0 spiro atoms. The van der Waals surface area contributed by atoms with E-state index in [-0.39, 0.29) is 0 Å². The summed E-state index contributed by atoms with van der Waals surface area (Å²) in [7, 11) is 0. The quantitative estimate of drug-likeness (QED) is 0.901. The first kappa shape index (κ1) is 12.2. The average molecular weight is 260 g/mol. The van der Waals surface area contributed by atoms with Crippen LogP contribution in [0.15, 0.2) is 18.2 Å². The third-order valence-corrected chi connectivity index (χ3v) is 3.76. The van der Waals surface area contributed by atoms with Gasteiger partial charge in [0, 0.05) is 15.6 Å². The van der Waals surface area contributed by atoms with Gasteiger partial charge in [-0.15, -0.1) is 0 Å². The lowest BCUT2D eigenvalue weighted by molar-refractivity contribution is -0.0375. The zero-order valence-corrected chi connectivity index (χ0v) is 10.5. The number of benzene rings is 1. The molecule has 0 saturated heterocycles. The Labute approximate surface area is 106 Å². The van der Waals surface area contributed by atoms with Crippen molar-refractivity contribution in [3.8, 4) is 0 Å². The number of rotatable bonds is 4. The van der Waals surface area contributed by atoms with Crippen LogP contribution < -0.4 is 5.73 Å². The van der Waals surface area contributed by atoms with Gasteiger partial charge in [0.2, 0.25) is 0 Å². The summed E-state index contributed by atoms with van der Waals surface area (Å²) in [5, 5.41) is 1.34. The minimum absolute atomic E-state index is 0.320. The van der Waals surface area contributed by atoms with Crippen molar-refractivity contribution in [2.75, 3.05) is 6.54 Å². The Bertz CT molecular complexity index is 344. The molecule has 2 N–H and O–H groups in total. The average Bonchev–Trinajstić information content (AvgIpc) is 2.19. The van der Waals surface area contributed by atoms with E-state index < -0.39 is 0 Å². The summed E-state index contributed by atoms with van der Waals surface area (Å²) in [6.07, 6.45) is 2.43. The van der Waals surface area contributed by atoms with Crippen molar-refractivity contribution in [3.63, 3.8) is 0 Å². The number of halogens is 2. The lowest BCUT2D eigenvalue weighted by atomic mass is 9.82. The Kier molecular flexibility index (Phi) is 4.09. The molecule has 2 nitrogen and oxygen atoms in total. The van der Waals surface area contributed by atoms with Gasteiger partial charge in [0.15, 0.2) is 0 Å². The lowest BCUT2D eigenvalue weighted by Crippen LogP contribution is -2.35. The second-order valence-electron chi connectivity index (χ2n) is 4.21. The molecule has 0 amide bonds. The van der Waals surface area contributed by atoms with E-state index in [1.165, 1.54) is 0 Å². The van der Waals surface area contributed by atoms with Gasteiger partial charge in [-0.25, -0.2) is 0 Å². The molecule has 0 aromatic heterocycles. The molecule has 4 heteroatoms. The fourth-order valence-corrected chi connectivity index (χ4v) is 2.38. The third-order valence-electron chi connectivity index (χ3n) is 3.05. The lowest BCUT2D eigenvalue weighted by Gasteiger charge is -2.34. The van der Waals surface area contributed by atoms with Gasteiger partial charge in [-0.1, -0.05) is 29.3 Å². The minimum Gasteiger partial charge on any atom is -0.373 e. The summed E-state index contributed by atoms with van der Waals surface area (Å²) in [5.41, 5.74) is 6.43. The topological polar surface area (TPSA) is 35.2 Å². The molecule has 0 heterocycles. The van der Waals surface area contributed by atoms with Gasteiger partial charge in [0.1, 0.15) is 0 Å². The van der Waals surface area contributed by atoms with E-state index in [4.69, 9.17) is 33.7 Å². The first-order valence-corrected chi connectivity index (χ1v) is 6.21. The molecule has 16 heavy (non-hydrogen) atoms. The standard InChI is InChI=1S/C12H15Cl2NO/c13-11-2-1-3-12(14)10(11)7-16-9-4-8(5-9)6-15/h1-3,8-9H,4-7,15H2. The zero-order chi connectivity index (χ0) is 11.5. The molecule has 1 fully saturated rings. The van der Waals surface area contributed by atoms with E-state index >= 15 is 0 Å². The van der Waals surface area contributed by atoms with E-state index in [9.17, 15) is 0 Å². The van der Waals surface area contributed by atoms with Crippen LogP contribution >= 0.6 is 23.2 Å². The van der Waals surface area contributed by atoms with Crippen molar-refractivity contribution in [1.82, 2.24) is 0 Å². The molecule has 88 valence electrons. The van der Waals surface area contributed by atoms with Crippen molar-refractivity contribution in [3.05, 3.63) is 33.8 Å². The molecule has 1 saturated carbocycles. The largest absolute Gasteiger partial charge is 0.373 e. The van der Waals surface area contributed by atoms with Gasteiger partial charge in [0.05, 0.1) is 12.7 Å². The maximum absolute atomic E-state index is 6.05. The van der Waals surface area contributed by atoms with E-state index in [2.05, 4.69) is 0 Å². The Balaban J connectivity index is 1.86. The van der Waals surface area contributed by atoms with Crippen LogP contribution in [0.5, 0.6) is 0 Å². The fraction of sp³-hybridized carbons (Fsp3) is 0.500. The molecule has 1 aliphatic rings. The maximum atomic E-state index is 6.05. The predicted octanol–water partition coefficient (Wildman–Crippen LogP) is 3.25. The maximum Gasteiger partial charge on any atom is 0.0749 e. The summed E-state index contributed by atoms with van der Waals surface area (Å²) in [5.74, 6) is 0.631. The molecule has 2 rings (SSSR count). The molecular weight excluding hydrogens is 245 g/mol. The SMILES string of the molecule is NCC1CC(OCc2c(Cl)cccc2Cl)C1. The summed E-state index contributed by atoms with van der Waals surface area (Å²) in [6.45, 7) is 1.24. The summed E-state index contributed by atoms with van der Waals surface area (Å²) in [4.78, 5) is 0. The highest BCUT2D eigenvalue weighted by Crippen LogP contribution is 2.31. The van der Waals surface area contributed by atoms with Crippen LogP contribution in [-0.2, 0) is 11.3 Å². The van der Waals surface area contributed by atoms with Gasteiger partial charge >= 0.3 is 0 Å². The van der Waals surface area contributed by atoms with Crippen LogP contribution in [0.2, 0.25) is 10.0 Å². The van der Waals surface area contributed by atoms with E-state index in [1.54, 1.807) is 0 Å². The van der Waals surface area contributed by atoms with Crippen LogP contribution in [0.4, 0.5) is 0 Å². The summed E-state index contributed by atoms with van der Waals surface area (Å²) < 4.78 is 5.73. The van der Waals surface area contributed by atoms with E-state index in [0.29, 0.717) is 28.7 Å². The number of ether oxygens (including phenoxy) is 1. The third kappa shape index (κ3) is 2.69. The van der Waals surface area contributed by atoms with E-state index in [0.717, 1.165) is 24.9 Å². The van der Waals surface area contributed by atoms with Gasteiger partial charge < -0.3 is 10.5 Å². The zero-order valence-electron chi connectivity index (χ0n) is 8.96. The van der Waals surface area contributed by atoms with Crippen molar-refractivity contribution < 1.29 is 4.74 Å². The smallest absolute Gasteiger partial charge is 0.0749 e. The van der Waals surface area contributed by atoms with Crippen LogP contribution in [0.1, 0.15) is 18.4 Å². The predicted molar refractivity (Wildman–Crippen MR) is 66.8 cm³/mol. The second kappa shape index (κ2) is 5.37. The fourth-order valence-electron chi connectivity index (χ4n) is 1.87. The molecule has 0 aliphatic heterocycles. The molecule has 0 atom stereocenters. The molecule has 0 unspecified atom stereocenters. The van der Waals surface area contributed by atoms with Gasteiger partial charge in [-0.2, -0.15) is 0 Å². The van der Waals surface area contributed by atoms with Crippen LogP contribution in [0.3, 0.4) is 0 Å². The molecule has 1 aliphatic carbocycles. The Morgan fingerprint density at radius 3 is 2.44 bits per heavy atom. The van der Waals surface area contributed by atoms with Crippen molar-refractivity contribution in [2.45, 2.75) is 25.6 Å². The molecule has 1 aromatic rings. The van der Waals surface area contributed by atoms with Crippen LogP contribution in [0.25, 0.3) is 0 Å². The van der Waals surface area contributed by atoms with Gasteiger partial charge in [-0.3, -0.25) is 0 Å². The number of hydrogen-bond acceptors (Lipinski definition) is 2. The Morgan fingerprint density at radius 2 is 1.88 bits per heavy atom. The summed E-state index contributed by atoms with van der Waals surface area (Å²) in [6, 6.07) is 5.49. The summed E-state index contributed by atoms with van der Waals surface area (Å²) >= 11 is 12.1.